The topological polar surface area (TPSA) is 43.4 Å². The molecule has 0 saturated carbocycles. The summed E-state index contributed by atoms with van der Waals surface area (Å²) in [5, 5.41) is 1.22. The van der Waals surface area contributed by atoms with Crippen LogP contribution in [0.4, 0.5) is 4.39 Å². The summed E-state index contributed by atoms with van der Waals surface area (Å²) in [6.07, 6.45) is 0. The minimum Gasteiger partial charge on any atom is -0.386 e. The normalized spacial score (nSPS) is 14.0. The predicted molar refractivity (Wildman–Crippen MR) is 61.4 cm³/mol. The zero-order valence-corrected chi connectivity index (χ0v) is 9.88. The van der Waals surface area contributed by atoms with Gasteiger partial charge in [0.2, 0.25) is 0 Å². The molecular formula is C12H4BrFO3. The van der Waals surface area contributed by atoms with Crippen molar-refractivity contribution < 1.29 is 18.7 Å². The summed E-state index contributed by atoms with van der Waals surface area (Å²) in [6.45, 7) is 0. The number of benzene rings is 2. The first-order chi connectivity index (χ1) is 8.06. The fraction of sp³-hybridized carbons (Fsp3) is 0. The Morgan fingerprint density at radius 2 is 1.47 bits per heavy atom. The molecule has 0 fully saturated rings. The van der Waals surface area contributed by atoms with Crippen LogP contribution in [0.2, 0.25) is 0 Å². The minimum atomic E-state index is -0.685. The van der Waals surface area contributed by atoms with E-state index in [1.807, 2.05) is 0 Å². The Bertz CT molecular complexity index is 635. The van der Waals surface area contributed by atoms with Crippen molar-refractivity contribution in [2.24, 2.45) is 0 Å². The van der Waals surface area contributed by atoms with Crippen molar-refractivity contribution in [3.8, 4) is 0 Å². The third kappa shape index (κ3) is 1.46. The van der Waals surface area contributed by atoms with Crippen LogP contribution in [0.15, 0.2) is 28.7 Å². The Hall–Kier alpha value is -1.75. The van der Waals surface area contributed by atoms with E-state index < -0.39 is 17.8 Å². The molecule has 3 nitrogen and oxygen atoms in total. The summed E-state index contributed by atoms with van der Waals surface area (Å²) in [5.41, 5.74) is 0.408. The molecule has 0 saturated heterocycles. The van der Waals surface area contributed by atoms with Gasteiger partial charge in [-0.25, -0.2) is 14.0 Å². The Morgan fingerprint density at radius 3 is 2.06 bits per heavy atom. The van der Waals surface area contributed by atoms with E-state index in [-0.39, 0.29) is 11.1 Å². The second kappa shape index (κ2) is 3.37. The summed E-state index contributed by atoms with van der Waals surface area (Å²) >= 11 is 3.07. The van der Waals surface area contributed by atoms with Crippen molar-refractivity contribution in [1.82, 2.24) is 0 Å². The van der Waals surface area contributed by atoms with Crippen molar-refractivity contribution >= 4 is 38.6 Å². The first-order valence-electron chi connectivity index (χ1n) is 4.75. The number of cyclic esters (lactones) is 2. The van der Waals surface area contributed by atoms with E-state index in [0.29, 0.717) is 15.2 Å². The van der Waals surface area contributed by atoms with Gasteiger partial charge in [0, 0.05) is 0 Å². The van der Waals surface area contributed by atoms with Gasteiger partial charge in [0.05, 0.1) is 15.6 Å². The van der Waals surface area contributed by atoms with Gasteiger partial charge in [-0.3, -0.25) is 0 Å². The van der Waals surface area contributed by atoms with Gasteiger partial charge in [0.1, 0.15) is 5.82 Å². The number of carbonyl (C=O) groups is 2. The van der Waals surface area contributed by atoms with E-state index in [2.05, 4.69) is 20.7 Å². The van der Waals surface area contributed by atoms with Gasteiger partial charge in [-0.05, 0) is 51.0 Å². The van der Waals surface area contributed by atoms with Crippen LogP contribution in [0, 0.1) is 5.82 Å². The lowest BCUT2D eigenvalue weighted by Gasteiger charge is -2.01. The molecule has 1 aliphatic rings. The quantitative estimate of drug-likeness (QED) is 0.554. The molecule has 1 heterocycles. The Balaban J connectivity index is 2.39. The predicted octanol–water partition coefficient (Wildman–Crippen LogP) is 3.05. The lowest BCUT2D eigenvalue weighted by molar-refractivity contribution is 0.0444. The minimum absolute atomic E-state index is 0.184. The van der Waals surface area contributed by atoms with Gasteiger partial charge < -0.3 is 4.74 Å². The molecule has 2 aromatic carbocycles. The van der Waals surface area contributed by atoms with E-state index in [0.717, 1.165) is 0 Å². The summed E-state index contributed by atoms with van der Waals surface area (Å²) in [7, 11) is 0. The lowest BCUT2D eigenvalue weighted by Crippen LogP contribution is -1.96. The molecule has 2 aromatic rings. The van der Waals surface area contributed by atoms with Gasteiger partial charge in [0.25, 0.3) is 0 Å². The molecule has 17 heavy (non-hydrogen) atoms. The summed E-state index contributed by atoms with van der Waals surface area (Å²) < 4.78 is 18.1. The maximum absolute atomic E-state index is 13.3. The molecule has 5 heteroatoms. The highest BCUT2D eigenvalue weighted by atomic mass is 79.9. The monoisotopic (exact) mass is 294 g/mol. The standard InChI is InChI=1S/C12H4BrFO3/c13-9-3-5-1-7-8(12(16)17-11(7)15)2-6(5)4-10(9)14/h1-4H. The largest absolute Gasteiger partial charge is 0.386 e. The maximum Gasteiger partial charge on any atom is 0.346 e. The molecule has 1 aliphatic heterocycles. The number of ether oxygens (including phenoxy) is 1. The highest BCUT2D eigenvalue weighted by Gasteiger charge is 2.29. The molecule has 0 amide bonds. The van der Waals surface area contributed by atoms with Crippen LogP contribution in [0.25, 0.3) is 10.8 Å². The van der Waals surface area contributed by atoms with Gasteiger partial charge in [0.15, 0.2) is 0 Å². The second-order valence-electron chi connectivity index (χ2n) is 3.69. The Morgan fingerprint density at radius 1 is 0.941 bits per heavy atom. The molecule has 0 unspecified atom stereocenters. The van der Waals surface area contributed by atoms with Crippen LogP contribution in [0.5, 0.6) is 0 Å². The van der Waals surface area contributed by atoms with Crippen LogP contribution >= 0.6 is 15.9 Å². The van der Waals surface area contributed by atoms with Crippen LogP contribution in [-0.2, 0) is 4.74 Å². The summed E-state index contributed by atoms with van der Waals surface area (Å²) in [5.74, 6) is -1.77. The molecule has 84 valence electrons. The molecular weight excluding hydrogens is 291 g/mol. The Kier molecular flexibility index (Phi) is 2.06. The second-order valence-corrected chi connectivity index (χ2v) is 4.54. The number of carbonyl (C=O) groups excluding carboxylic acids is 2. The highest BCUT2D eigenvalue weighted by molar-refractivity contribution is 9.10. The van der Waals surface area contributed by atoms with Gasteiger partial charge >= 0.3 is 11.9 Å². The fourth-order valence-corrected chi connectivity index (χ4v) is 2.19. The van der Waals surface area contributed by atoms with E-state index in [1.54, 1.807) is 6.07 Å². The number of fused-ring (bicyclic) bond motifs is 2. The smallest absolute Gasteiger partial charge is 0.346 e. The molecule has 0 bridgehead atoms. The van der Waals surface area contributed by atoms with Crippen molar-refractivity contribution in [2.75, 3.05) is 0 Å². The molecule has 3 rings (SSSR count). The number of halogens is 2. The SMILES string of the molecule is O=C1OC(=O)c2cc3cc(Br)c(F)cc3cc21. The van der Waals surface area contributed by atoms with Gasteiger partial charge in [-0.2, -0.15) is 0 Å². The van der Waals surface area contributed by atoms with Crippen molar-refractivity contribution in [2.45, 2.75) is 0 Å². The fourth-order valence-electron chi connectivity index (χ4n) is 1.83. The molecule has 0 N–H and O–H groups in total. The lowest BCUT2D eigenvalue weighted by atomic mass is 10.0. The molecule has 0 radical (unpaired) electrons. The van der Waals surface area contributed by atoms with Crippen LogP contribution in [0.1, 0.15) is 20.7 Å². The third-order valence-electron chi connectivity index (χ3n) is 2.64. The van der Waals surface area contributed by atoms with Crippen molar-refractivity contribution in [1.29, 1.82) is 0 Å². The van der Waals surface area contributed by atoms with Crippen LogP contribution in [-0.4, -0.2) is 11.9 Å². The zero-order chi connectivity index (χ0) is 12.2. The van der Waals surface area contributed by atoms with Gasteiger partial charge in [-0.1, -0.05) is 0 Å². The van der Waals surface area contributed by atoms with E-state index in [1.165, 1.54) is 18.2 Å². The average Bonchev–Trinajstić information content (AvgIpc) is 2.54. The number of rotatable bonds is 0. The van der Waals surface area contributed by atoms with Crippen molar-refractivity contribution in [3.05, 3.63) is 45.7 Å². The molecule has 0 aliphatic carbocycles. The maximum atomic E-state index is 13.3. The average molecular weight is 295 g/mol. The molecule has 0 atom stereocenters. The molecule has 0 aromatic heterocycles. The first-order valence-corrected chi connectivity index (χ1v) is 5.55. The number of esters is 2. The highest BCUT2D eigenvalue weighted by Crippen LogP contribution is 2.29. The van der Waals surface area contributed by atoms with E-state index in [9.17, 15) is 14.0 Å². The van der Waals surface area contributed by atoms with Crippen LogP contribution < -0.4 is 0 Å². The zero-order valence-electron chi connectivity index (χ0n) is 8.29. The number of hydrogen-bond donors (Lipinski definition) is 0. The van der Waals surface area contributed by atoms with E-state index >= 15 is 0 Å². The number of hydrogen-bond acceptors (Lipinski definition) is 3. The molecule has 0 spiro atoms. The Labute approximate surface area is 103 Å². The van der Waals surface area contributed by atoms with Crippen LogP contribution in [0.3, 0.4) is 0 Å². The third-order valence-corrected chi connectivity index (χ3v) is 3.25. The van der Waals surface area contributed by atoms with Gasteiger partial charge in [-0.15, -0.1) is 0 Å². The summed E-state index contributed by atoms with van der Waals surface area (Å²) in [6, 6.07) is 5.85. The summed E-state index contributed by atoms with van der Waals surface area (Å²) in [4.78, 5) is 22.7. The van der Waals surface area contributed by atoms with Crippen molar-refractivity contribution in [3.63, 3.8) is 0 Å². The first kappa shape index (κ1) is 10.4. The van der Waals surface area contributed by atoms with E-state index in [4.69, 9.17) is 0 Å².